The number of nitrogens with one attached hydrogen (secondary N) is 1. The van der Waals surface area contributed by atoms with Crippen LogP contribution in [-0.2, 0) is 0 Å². The lowest BCUT2D eigenvalue weighted by atomic mass is 9.96. The number of anilines is 1. The Morgan fingerprint density at radius 3 is 2.88 bits per heavy atom. The first-order chi connectivity index (χ1) is 16.7. The number of piperidine rings is 1. The number of fused-ring (bicyclic) bond motifs is 2. The van der Waals surface area contributed by atoms with E-state index in [1.54, 1.807) is 30.1 Å². The first-order valence-corrected chi connectivity index (χ1v) is 11.2. The van der Waals surface area contributed by atoms with Crippen molar-refractivity contribution in [1.29, 1.82) is 0 Å². The third kappa shape index (κ3) is 3.88. The number of benzene rings is 1. The minimum Gasteiger partial charge on any atom is -0.507 e. The minimum absolute atomic E-state index is 0.0639. The molecule has 4 atom stereocenters. The highest BCUT2D eigenvalue weighted by Crippen LogP contribution is 2.34. The number of nitrogens with zero attached hydrogens (tertiary/aromatic N) is 6. The average molecular weight is 457 g/mol. The van der Waals surface area contributed by atoms with Crippen molar-refractivity contribution in [3.8, 4) is 28.3 Å². The molecule has 10 heteroatoms. The van der Waals surface area contributed by atoms with Crippen molar-refractivity contribution in [2.75, 3.05) is 18.1 Å². The molecule has 32 heavy (non-hydrogen) atoms. The summed E-state index contributed by atoms with van der Waals surface area (Å²) < 4.78 is 37.0. The van der Waals surface area contributed by atoms with Crippen LogP contribution in [0.2, 0.25) is 0 Å². The fraction of sp³-hybridized carbons (Fsp3) is 0.409. The maximum absolute atomic E-state index is 14.9. The summed E-state index contributed by atoms with van der Waals surface area (Å²) in [5.74, 6) is 0.645. The van der Waals surface area contributed by atoms with Gasteiger partial charge in [0.2, 0.25) is 0 Å². The van der Waals surface area contributed by atoms with E-state index in [0.717, 1.165) is 12.8 Å². The summed E-state index contributed by atoms with van der Waals surface area (Å²) in [5.41, 5.74) is 1.63. The van der Waals surface area contributed by atoms with Gasteiger partial charge in [0, 0.05) is 28.8 Å². The molecule has 2 aromatic heterocycles. The van der Waals surface area contributed by atoms with Gasteiger partial charge in [0.1, 0.15) is 16.9 Å². The van der Waals surface area contributed by atoms with Crippen molar-refractivity contribution in [3.05, 3.63) is 36.7 Å². The smallest absolute Gasteiger partial charge is 0.185 e. The minimum atomic E-state index is -2.23. The molecular formula is C22H24FN7OS. The van der Waals surface area contributed by atoms with Crippen LogP contribution in [0.3, 0.4) is 0 Å². The molecule has 0 radical (unpaired) electrons. The monoisotopic (exact) mass is 456 g/mol. The number of phenolic OH excluding ortho intramolecular Hbond substituents is 1. The van der Waals surface area contributed by atoms with Gasteiger partial charge < -0.3 is 15.3 Å². The highest BCUT2D eigenvalue weighted by molar-refractivity contribution is 7.98. The van der Waals surface area contributed by atoms with E-state index in [1.807, 2.05) is 0 Å². The summed E-state index contributed by atoms with van der Waals surface area (Å²) in [6.45, 7) is 0. The van der Waals surface area contributed by atoms with Crippen LogP contribution in [0.25, 0.3) is 22.5 Å². The van der Waals surface area contributed by atoms with E-state index in [1.165, 1.54) is 18.5 Å². The quantitative estimate of drug-likeness (QED) is 0.561. The molecule has 2 saturated heterocycles. The second-order valence-electron chi connectivity index (χ2n) is 8.16. The molecule has 2 fully saturated rings. The Kier molecular flexibility index (Phi) is 4.74. The maximum Gasteiger partial charge on any atom is 0.185 e. The summed E-state index contributed by atoms with van der Waals surface area (Å²) in [4.78, 5) is 6.16. The third-order valence-electron chi connectivity index (χ3n) is 6.27. The van der Waals surface area contributed by atoms with Gasteiger partial charge in [0.25, 0.3) is 0 Å². The number of hydrogen-bond acceptors (Lipinski definition) is 9. The van der Waals surface area contributed by atoms with Crippen LogP contribution in [0.5, 0.6) is 5.75 Å². The van der Waals surface area contributed by atoms with Gasteiger partial charge in [-0.05, 0) is 49.2 Å². The van der Waals surface area contributed by atoms with Crippen molar-refractivity contribution in [2.24, 2.45) is 0 Å². The van der Waals surface area contributed by atoms with Gasteiger partial charge in [0.05, 0.1) is 24.0 Å². The Bertz CT molecular complexity index is 1220. The maximum atomic E-state index is 14.9. The summed E-state index contributed by atoms with van der Waals surface area (Å²) in [6, 6.07) is 6.46. The van der Waals surface area contributed by atoms with Crippen LogP contribution < -0.4 is 10.2 Å². The van der Waals surface area contributed by atoms with Crippen LogP contribution in [0, 0.1) is 0 Å². The number of rotatable bonds is 5. The third-order valence-corrected chi connectivity index (χ3v) is 6.68. The van der Waals surface area contributed by atoms with Crippen molar-refractivity contribution < 1.29 is 13.6 Å². The molecule has 2 bridgehead atoms. The molecule has 0 aliphatic carbocycles. The molecule has 3 aromatic rings. The Hall–Kier alpha value is -2.85. The lowest BCUT2D eigenvalue weighted by Gasteiger charge is -2.38. The van der Waals surface area contributed by atoms with Gasteiger partial charge in [-0.3, -0.25) is 0 Å². The molecular weight excluding hydrogens is 429 g/mol. The average Bonchev–Trinajstić information content (AvgIpc) is 3.23. The van der Waals surface area contributed by atoms with Gasteiger partial charge in [-0.25, -0.2) is 9.37 Å². The number of thioether (sulfide) groups is 1. The molecule has 4 heterocycles. The second kappa shape index (κ2) is 8.59. The number of aromatic hydroxyl groups is 1. The molecule has 2 aliphatic heterocycles. The van der Waals surface area contributed by atoms with Crippen molar-refractivity contribution in [2.45, 2.75) is 48.6 Å². The van der Waals surface area contributed by atoms with Gasteiger partial charge in [-0.15, -0.1) is 27.1 Å². The fourth-order valence-corrected chi connectivity index (χ4v) is 4.80. The van der Waals surface area contributed by atoms with E-state index in [4.69, 9.17) is 4.11 Å². The van der Waals surface area contributed by atoms with Gasteiger partial charge in [-0.2, -0.15) is 5.10 Å². The van der Waals surface area contributed by atoms with Crippen molar-refractivity contribution in [1.82, 2.24) is 30.7 Å². The molecule has 2 aliphatic rings. The number of phenols is 1. The van der Waals surface area contributed by atoms with Gasteiger partial charge in [0.15, 0.2) is 11.6 Å². The largest absolute Gasteiger partial charge is 0.507 e. The molecule has 5 rings (SSSR count). The SMILES string of the molecule is [2H]C([2H])([2H])Sc1cc(-c2ccc(-c3ncc(N(C)[C@@H]4C[C@@H]5CC[C@H](N5)[C@@H]4F)nn3)c(O)c2)cnn1. The topological polar surface area (TPSA) is 100.0 Å². The Balaban J connectivity index is 1.33. The fourth-order valence-electron chi connectivity index (χ4n) is 4.53. The normalized spacial score (nSPS) is 26.2. The summed E-state index contributed by atoms with van der Waals surface area (Å²) >= 11 is 0.636. The van der Waals surface area contributed by atoms with E-state index in [-0.39, 0.29) is 28.7 Å². The lowest BCUT2D eigenvalue weighted by Crippen LogP contribution is -2.55. The second-order valence-corrected chi connectivity index (χ2v) is 8.78. The van der Waals surface area contributed by atoms with E-state index >= 15 is 0 Å². The number of hydrogen-bond donors (Lipinski definition) is 2. The Morgan fingerprint density at radius 2 is 2.09 bits per heavy atom. The summed E-state index contributed by atoms with van der Waals surface area (Å²) in [6.07, 6.45) is 2.35. The van der Waals surface area contributed by atoms with Crippen LogP contribution in [0.1, 0.15) is 23.4 Å². The van der Waals surface area contributed by atoms with Crippen molar-refractivity contribution in [3.63, 3.8) is 0 Å². The molecule has 166 valence electrons. The molecule has 1 aromatic carbocycles. The van der Waals surface area contributed by atoms with Crippen molar-refractivity contribution >= 4 is 17.6 Å². The number of alkyl halides is 1. The predicted octanol–water partition coefficient (Wildman–Crippen LogP) is 3.09. The zero-order chi connectivity index (χ0) is 24.7. The van der Waals surface area contributed by atoms with Crippen LogP contribution >= 0.6 is 11.8 Å². The number of aromatic nitrogens is 5. The molecule has 2 N–H and O–H groups in total. The zero-order valence-electron chi connectivity index (χ0n) is 20.3. The molecule has 8 nitrogen and oxygen atoms in total. The van der Waals surface area contributed by atoms with Crippen LogP contribution in [0.4, 0.5) is 10.2 Å². The highest BCUT2D eigenvalue weighted by Gasteiger charge is 2.43. The highest BCUT2D eigenvalue weighted by atomic mass is 32.2. The summed E-state index contributed by atoms with van der Waals surface area (Å²) in [5, 5.41) is 30.3. The van der Waals surface area contributed by atoms with Crippen LogP contribution in [-0.4, -0.2) is 68.0 Å². The van der Waals surface area contributed by atoms with Crippen LogP contribution in [0.15, 0.2) is 41.7 Å². The molecule has 0 amide bonds. The first kappa shape index (κ1) is 17.7. The first-order valence-electron chi connectivity index (χ1n) is 11.9. The van der Waals surface area contributed by atoms with Gasteiger partial charge >= 0.3 is 0 Å². The molecule has 0 saturated carbocycles. The standard InChI is InChI=1S/C22H24FN7OS/c1-30(17-9-14-4-6-16(26-14)21(17)23)19-11-24-22(29-27-19)15-5-3-12(7-18(15)31)13-8-20(32-2)28-25-10-13/h3,5,7-8,10-11,14,16-17,21,26,31H,4,6,9H2,1-2H3/t14-,16-,17+,21-/m0/s1/i2D3. The molecule has 0 spiro atoms. The summed E-state index contributed by atoms with van der Waals surface area (Å²) in [7, 11) is 1.81. The van der Waals surface area contributed by atoms with E-state index in [9.17, 15) is 9.50 Å². The van der Waals surface area contributed by atoms with E-state index < -0.39 is 12.4 Å². The predicted molar refractivity (Wildman–Crippen MR) is 121 cm³/mol. The Labute approximate surface area is 193 Å². The molecule has 0 unspecified atom stereocenters. The Morgan fingerprint density at radius 1 is 1.19 bits per heavy atom. The number of halogens is 1. The zero-order valence-corrected chi connectivity index (χ0v) is 18.1. The van der Waals surface area contributed by atoms with E-state index in [0.29, 0.717) is 46.7 Å². The lowest BCUT2D eigenvalue weighted by molar-refractivity contribution is 0.176. The van der Waals surface area contributed by atoms with E-state index in [2.05, 4.69) is 30.7 Å². The van der Waals surface area contributed by atoms with Gasteiger partial charge in [-0.1, -0.05) is 6.07 Å².